The molecule has 1 N–H and O–H groups in total. The van der Waals surface area contributed by atoms with E-state index >= 15 is 0 Å². The number of nitrogens with one attached hydrogen (secondary N) is 1. The van der Waals surface area contributed by atoms with E-state index in [0.29, 0.717) is 6.04 Å². The second-order valence-corrected chi connectivity index (χ2v) is 6.09. The van der Waals surface area contributed by atoms with Gasteiger partial charge in [0.05, 0.1) is 26.5 Å². The molecular formula is C19H26N2O3. The number of nitrogens with zero attached hydrogens (tertiary/aromatic N) is 1. The van der Waals surface area contributed by atoms with Crippen LogP contribution in [0, 0.1) is 0 Å². The minimum absolute atomic E-state index is 0.294. The minimum atomic E-state index is 0.294. The molecule has 0 spiro atoms. The van der Waals surface area contributed by atoms with Gasteiger partial charge in [0.25, 0.3) is 0 Å². The summed E-state index contributed by atoms with van der Waals surface area (Å²) in [6.07, 6.45) is 4.30. The molecule has 1 aromatic carbocycles. The summed E-state index contributed by atoms with van der Waals surface area (Å²) in [6, 6.07) is 10.4. The zero-order valence-electron chi connectivity index (χ0n) is 14.5. The van der Waals surface area contributed by atoms with Crippen molar-refractivity contribution in [3.63, 3.8) is 0 Å². The van der Waals surface area contributed by atoms with Crippen molar-refractivity contribution in [2.45, 2.75) is 25.4 Å². The topological polar surface area (TPSA) is 46.9 Å². The van der Waals surface area contributed by atoms with Crippen molar-refractivity contribution in [1.82, 2.24) is 10.2 Å². The molecule has 2 heterocycles. The largest absolute Gasteiger partial charge is 0.493 e. The number of hydrogen-bond donors (Lipinski definition) is 1. The maximum Gasteiger partial charge on any atom is 0.161 e. The van der Waals surface area contributed by atoms with E-state index in [1.54, 1.807) is 20.5 Å². The molecule has 1 saturated heterocycles. The molecule has 0 unspecified atom stereocenters. The number of methoxy groups -OCH3 is 2. The van der Waals surface area contributed by atoms with Gasteiger partial charge in [-0.05, 0) is 55.8 Å². The summed E-state index contributed by atoms with van der Waals surface area (Å²) in [5, 5.41) is 3.56. The summed E-state index contributed by atoms with van der Waals surface area (Å²) in [7, 11) is 3.31. The Morgan fingerprint density at radius 2 is 1.92 bits per heavy atom. The fourth-order valence-electron chi connectivity index (χ4n) is 3.29. The van der Waals surface area contributed by atoms with E-state index in [2.05, 4.69) is 22.3 Å². The SMILES string of the molecule is COc1ccc(CNC[C@@H](c2ccco2)N2CCCC2)cc1OC. The summed E-state index contributed by atoms with van der Waals surface area (Å²) < 4.78 is 16.3. The predicted octanol–water partition coefficient (Wildman–Crippen LogP) is 3.22. The fourth-order valence-corrected chi connectivity index (χ4v) is 3.29. The van der Waals surface area contributed by atoms with Crippen molar-refractivity contribution in [2.75, 3.05) is 33.9 Å². The quantitative estimate of drug-likeness (QED) is 0.805. The van der Waals surface area contributed by atoms with E-state index in [1.165, 1.54) is 18.4 Å². The standard InChI is InChI=1S/C19H26N2O3/c1-22-18-8-7-15(12-19(18)23-2)13-20-14-16(17-6-5-11-24-17)21-9-3-4-10-21/h5-8,11-12,16,20H,3-4,9-10,13-14H2,1-2H3/t16-/m0/s1. The molecule has 0 saturated carbocycles. The highest BCUT2D eigenvalue weighted by atomic mass is 16.5. The van der Waals surface area contributed by atoms with Crippen LogP contribution in [-0.4, -0.2) is 38.8 Å². The van der Waals surface area contributed by atoms with Gasteiger partial charge in [0.2, 0.25) is 0 Å². The number of likely N-dealkylation sites (tertiary alicyclic amines) is 1. The van der Waals surface area contributed by atoms with Gasteiger partial charge >= 0.3 is 0 Å². The van der Waals surface area contributed by atoms with Gasteiger partial charge in [-0.25, -0.2) is 0 Å². The third-order valence-electron chi connectivity index (χ3n) is 4.57. The number of rotatable bonds is 8. The summed E-state index contributed by atoms with van der Waals surface area (Å²) >= 11 is 0. The Hall–Kier alpha value is -1.98. The van der Waals surface area contributed by atoms with Gasteiger partial charge < -0.3 is 19.2 Å². The Morgan fingerprint density at radius 3 is 2.58 bits per heavy atom. The summed E-state index contributed by atoms with van der Waals surface area (Å²) in [5.41, 5.74) is 1.17. The molecule has 5 heteroatoms. The number of ether oxygens (including phenoxy) is 2. The Morgan fingerprint density at radius 1 is 1.12 bits per heavy atom. The smallest absolute Gasteiger partial charge is 0.161 e. The summed E-state index contributed by atoms with van der Waals surface area (Å²) in [6.45, 7) is 3.93. The molecule has 24 heavy (non-hydrogen) atoms. The molecule has 5 nitrogen and oxygen atoms in total. The predicted molar refractivity (Wildman–Crippen MR) is 93.5 cm³/mol. The van der Waals surface area contributed by atoms with E-state index in [1.807, 2.05) is 18.2 Å². The van der Waals surface area contributed by atoms with E-state index < -0.39 is 0 Å². The normalized spacial score (nSPS) is 16.2. The maximum absolute atomic E-state index is 5.66. The zero-order chi connectivity index (χ0) is 16.8. The van der Waals surface area contributed by atoms with Crippen molar-refractivity contribution in [3.8, 4) is 11.5 Å². The Balaban J connectivity index is 1.61. The molecule has 1 aliphatic heterocycles. The summed E-state index contributed by atoms with van der Waals surface area (Å²) in [5.74, 6) is 2.56. The first-order chi connectivity index (χ1) is 11.8. The molecule has 1 aromatic heterocycles. The highest BCUT2D eigenvalue weighted by Gasteiger charge is 2.25. The van der Waals surface area contributed by atoms with Crippen LogP contribution in [0.2, 0.25) is 0 Å². The van der Waals surface area contributed by atoms with E-state index in [4.69, 9.17) is 13.9 Å². The van der Waals surface area contributed by atoms with Crippen LogP contribution >= 0.6 is 0 Å². The number of benzene rings is 1. The van der Waals surface area contributed by atoms with Crippen LogP contribution in [0.4, 0.5) is 0 Å². The van der Waals surface area contributed by atoms with E-state index in [-0.39, 0.29) is 0 Å². The molecule has 130 valence electrons. The van der Waals surface area contributed by atoms with Gasteiger partial charge in [-0.3, -0.25) is 4.90 Å². The van der Waals surface area contributed by atoms with Crippen LogP contribution in [-0.2, 0) is 6.54 Å². The lowest BCUT2D eigenvalue weighted by molar-refractivity contribution is 0.209. The molecule has 2 aromatic rings. The first kappa shape index (κ1) is 16.9. The average molecular weight is 330 g/mol. The highest BCUT2D eigenvalue weighted by molar-refractivity contribution is 5.42. The van der Waals surface area contributed by atoms with E-state index in [9.17, 15) is 0 Å². The summed E-state index contributed by atoms with van der Waals surface area (Å²) in [4.78, 5) is 2.50. The van der Waals surface area contributed by atoms with Crippen LogP contribution in [0.15, 0.2) is 41.0 Å². The van der Waals surface area contributed by atoms with Crippen LogP contribution in [0.1, 0.15) is 30.2 Å². The third-order valence-corrected chi connectivity index (χ3v) is 4.57. The highest BCUT2D eigenvalue weighted by Crippen LogP contribution is 2.28. The van der Waals surface area contributed by atoms with Crippen LogP contribution in [0.5, 0.6) is 11.5 Å². The third kappa shape index (κ3) is 3.91. The van der Waals surface area contributed by atoms with Gasteiger partial charge in [-0.2, -0.15) is 0 Å². The Bertz CT molecular complexity index is 622. The molecule has 0 bridgehead atoms. The second kappa shape index (κ2) is 8.22. The first-order valence-electron chi connectivity index (χ1n) is 8.51. The lowest BCUT2D eigenvalue weighted by Gasteiger charge is -2.26. The fraction of sp³-hybridized carbons (Fsp3) is 0.474. The molecule has 1 aliphatic rings. The van der Waals surface area contributed by atoms with Crippen molar-refractivity contribution in [2.24, 2.45) is 0 Å². The van der Waals surface area contributed by atoms with Gasteiger partial charge in [-0.1, -0.05) is 6.07 Å². The van der Waals surface area contributed by atoms with Gasteiger partial charge in [0, 0.05) is 13.1 Å². The molecule has 1 atom stereocenters. The lowest BCUT2D eigenvalue weighted by Crippen LogP contribution is -2.33. The first-order valence-corrected chi connectivity index (χ1v) is 8.51. The molecule has 3 rings (SSSR count). The van der Waals surface area contributed by atoms with Crippen LogP contribution < -0.4 is 14.8 Å². The van der Waals surface area contributed by atoms with Crippen LogP contribution in [0.3, 0.4) is 0 Å². The van der Waals surface area contributed by atoms with Gasteiger partial charge in [0.15, 0.2) is 11.5 Å². The molecule has 0 aliphatic carbocycles. The zero-order valence-corrected chi connectivity index (χ0v) is 14.5. The Labute approximate surface area is 143 Å². The number of furan rings is 1. The van der Waals surface area contributed by atoms with Crippen molar-refractivity contribution in [1.29, 1.82) is 0 Å². The van der Waals surface area contributed by atoms with Crippen molar-refractivity contribution >= 4 is 0 Å². The van der Waals surface area contributed by atoms with Gasteiger partial charge in [-0.15, -0.1) is 0 Å². The molecule has 0 radical (unpaired) electrons. The van der Waals surface area contributed by atoms with Crippen molar-refractivity contribution in [3.05, 3.63) is 47.9 Å². The van der Waals surface area contributed by atoms with Gasteiger partial charge in [0.1, 0.15) is 5.76 Å². The Kier molecular flexibility index (Phi) is 5.77. The second-order valence-electron chi connectivity index (χ2n) is 6.09. The van der Waals surface area contributed by atoms with Crippen LogP contribution in [0.25, 0.3) is 0 Å². The minimum Gasteiger partial charge on any atom is -0.493 e. The maximum atomic E-state index is 5.66. The average Bonchev–Trinajstić information content (AvgIpc) is 3.32. The molecule has 1 fully saturated rings. The lowest BCUT2D eigenvalue weighted by atomic mass is 10.1. The molecule has 0 amide bonds. The van der Waals surface area contributed by atoms with Crippen molar-refractivity contribution < 1.29 is 13.9 Å². The monoisotopic (exact) mass is 330 g/mol. The molecular weight excluding hydrogens is 304 g/mol. The number of hydrogen-bond acceptors (Lipinski definition) is 5. The van der Waals surface area contributed by atoms with E-state index in [0.717, 1.165) is 43.4 Å².